The van der Waals surface area contributed by atoms with E-state index in [4.69, 9.17) is 9.52 Å². The third-order valence-electron chi connectivity index (χ3n) is 3.95. The van der Waals surface area contributed by atoms with E-state index >= 15 is 0 Å². The molecule has 0 radical (unpaired) electrons. The zero-order chi connectivity index (χ0) is 14.9. The highest BCUT2D eigenvalue weighted by atomic mass is 32.2. The average molecular weight is 301 g/mol. The van der Waals surface area contributed by atoms with Crippen LogP contribution < -0.4 is 0 Å². The molecule has 1 fully saturated rings. The molecule has 1 heterocycles. The Morgan fingerprint density at radius 3 is 2.75 bits per heavy atom. The molecule has 7 heteroatoms. The number of hydrogen-bond acceptors (Lipinski definition) is 4. The van der Waals surface area contributed by atoms with Crippen molar-refractivity contribution in [2.75, 3.05) is 7.05 Å². The first-order valence-electron chi connectivity index (χ1n) is 6.55. The highest BCUT2D eigenvalue weighted by molar-refractivity contribution is 7.89. The Labute approximate surface area is 118 Å². The molecule has 1 aliphatic rings. The van der Waals surface area contributed by atoms with Crippen molar-refractivity contribution < 1.29 is 22.7 Å². The van der Waals surface area contributed by atoms with E-state index in [9.17, 15) is 13.2 Å². The third kappa shape index (κ3) is 2.73. The topological polar surface area (TPSA) is 87.8 Å². The summed E-state index contributed by atoms with van der Waals surface area (Å²) in [6.45, 7) is 1.97. The predicted molar refractivity (Wildman–Crippen MR) is 72.6 cm³/mol. The van der Waals surface area contributed by atoms with Crippen LogP contribution in [0.4, 0.5) is 0 Å². The average Bonchev–Trinajstić information content (AvgIpc) is 2.99. The fourth-order valence-electron chi connectivity index (χ4n) is 2.70. The number of nitrogens with zero attached hydrogens (tertiary/aromatic N) is 1. The van der Waals surface area contributed by atoms with Crippen LogP contribution in [0.5, 0.6) is 0 Å². The first-order chi connectivity index (χ1) is 9.34. The highest BCUT2D eigenvalue weighted by Gasteiger charge is 2.43. The van der Waals surface area contributed by atoms with Crippen LogP contribution in [0.3, 0.4) is 0 Å². The van der Waals surface area contributed by atoms with E-state index in [2.05, 4.69) is 0 Å². The lowest BCUT2D eigenvalue weighted by Crippen LogP contribution is -2.40. The monoisotopic (exact) mass is 301 g/mol. The van der Waals surface area contributed by atoms with Gasteiger partial charge in [-0.3, -0.25) is 4.79 Å². The van der Waals surface area contributed by atoms with Gasteiger partial charge in [0.05, 0.1) is 17.4 Å². The normalized spacial score (nSPS) is 23.4. The zero-order valence-electron chi connectivity index (χ0n) is 11.6. The molecule has 1 aromatic rings. The maximum absolute atomic E-state index is 12.5. The summed E-state index contributed by atoms with van der Waals surface area (Å²) >= 11 is 0. The zero-order valence-corrected chi connectivity index (χ0v) is 12.4. The van der Waals surface area contributed by atoms with Gasteiger partial charge in [0.25, 0.3) is 0 Å². The number of aliphatic carboxylic acids is 1. The minimum absolute atomic E-state index is 0.202. The number of carbonyl (C=O) groups is 1. The largest absolute Gasteiger partial charge is 0.481 e. The number of hydrogen-bond donors (Lipinski definition) is 1. The lowest BCUT2D eigenvalue weighted by atomic mass is 10.1. The van der Waals surface area contributed by atoms with Gasteiger partial charge in [-0.2, -0.15) is 0 Å². The third-order valence-corrected chi connectivity index (χ3v) is 6.27. The van der Waals surface area contributed by atoms with E-state index in [0.29, 0.717) is 25.0 Å². The molecule has 1 aliphatic carbocycles. The van der Waals surface area contributed by atoms with Crippen molar-refractivity contribution in [3.05, 3.63) is 23.7 Å². The van der Waals surface area contributed by atoms with Crippen LogP contribution in [0.25, 0.3) is 0 Å². The highest BCUT2D eigenvalue weighted by Crippen LogP contribution is 2.33. The van der Waals surface area contributed by atoms with Crippen molar-refractivity contribution in [1.82, 2.24) is 4.31 Å². The summed E-state index contributed by atoms with van der Waals surface area (Å²) < 4.78 is 31.4. The van der Waals surface area contributed by atoms with Gasteiger partial charge in [0.15, 0.2) is 0 Å². The van der Waals surface area contributed by atoms with Crippen LogP contribution in [-0.4, -0.2) is 36.1 Å². The number of sulfonamides is 1. The van der Waals surface area contributed by atoms with Crippen molar-refractivity contribution >= 4 is 16.0 Å². The molecule has 1 saturated carbocycles. The Hall–Kier alpha value is -1.34. The molecule has 1 aromatic heterocycles. The summed E-state index contributed by atoms with van der Waals surface area (Å²) in [5.41, 5.74) is 0.793. The summed E-state index contributed by atoms with van der Waals surface area (Å²) in [5, 5.41) is 8.31. The minimum Gasteiger partial charge on any atom is -0.481 e. The van der Waals surface area contributed by atoms with Gasteiger partial charge in [0, 0.05) is 19.2 Å². The van der Waals surface area contributed by atoms with Crippen LogP contribution >= 0.6 is 0 Å². The summed E-state index contributed by atoms with van der Waals surface area (Å²) in [7, 11) is -2.13. The SMILES string of the molecule is Cc1occc1CN(C)S(=O)(=O)C1CCCC1C(=O)O. The van der Waals surface area contributed by atoms with Crippen molar-refractivity contribution in [1.29, 1.82) is 0 Å². The van der Waals surface area contributed by atoms with Gasteiger partial charge < -0.3 is 9.52 Å². The lowest BCUT2D eigenvalue weighted by molar-refractivity contribution is -0.141. The second kappa shape index (κ2) is 5.57. The van der Waals surface area contributed by atoms with Crippen molar-refractivity contribution in [2.24, 2.45) is 5.92 Å². The van der Waals surface area contributed by atoms with Crippen molar-refractivity contribution in [2.45, 2.75) is 38.0 Å². The molecule has 6 nitrogen and oxygen atoms in total. The number of furan rings is 1. The molecule has 1 N–H and O–H groups in total. The molecule has 112 valence electrons. The van der Waals surface area contributed by atoms with E-state index in [1.807, 2.05) is 0 Å². The van der Waals surface area contributed by atoms with Gasteiger partial charge in [0.1, 0.15) is 5.76 Å². The van der Waals surface area contributed by atoms with E-state index in [1.54, 1.807) is 13.0 Å². The Balaban J connectivity index is 2.17. The van der Waals surface area contributed by atoms with Crippen LogP contribution in [0, 0.1) is 12.8 Å². The maximum Gasteiger partial charge on any atom is 0.307 e. The van der Waals surface area contributed by atoms with Gasteiger partial charge in [-0.25, -0.2) is 12.7 Å². The molecule has 0 spiro atoms. The van der Waals surface area contributed by atoms with Crippen LogP contribution in [0.2, 0.25) is 0 Å². The molecule has 0 aromatic carbocycles. The molecule has 0 aliphatic heterocycles. The van der Waals surface area contributed by atoms with E-state index < -0.39 is 27.2 Å². The Kier molecular flexibility index (Phi) is 4.19. The summed E-state index contributed by atoms with van der Waals surface area (Å²) in [4.78, 5) is 11.2. The van der Waals surface area contributed by atoms with Crippen LogP contribution in [0.1, 0.15) is 30.6 Å². The van der Waals surface area contributed by atoms with Crippen LogP contribution in [0.15, 0.2) is 16.7 Å². The van der Waals surface area contributed by atoms with Gasteiger partial charge in [-0.05, 0) is 25.8 Å². The molecule has 0 bridgehead atoms. The van der Waals surface area contributed by atoms with E-state index in [0.717, 1.165) is 5.56 Å². The summed E-state index contributed by atoms with van der Waals surface area (Å²) in [6.07, 6.45) is 2.99. The minimum atomic E-state index is -3.61. The molecule has 2 unspecified atom stereocenters. The second-order valence-corrected chi connectivity index (χ2v) is 7.48. The molecule has 0 amide bonds. The fraction of sp³-hybridized carbons (Fsp3) is 0.615. The smallest absolute Gasteiger partial charge is 0.307 e. The Morgan fingerprint density at radius 1 is 1.50 bits per heavy atom. The Bertz CT molecular complexity index is 592. The summed E-state index contributed by atoms with van der Waals surface area (Å²) in [5.74, 6) is -1.15. The van der Waals surface area contributed by atoms with Crippen molar-refractivity contribution in [3.8, 4) is 0 Å². The predicted octanol–water partition coefficient (Wildman–Crippen LogP) is 1.60. The van der Waals surface area contributed by atoms with E-state index in [1.165, 1.54) is 17.6 Å². The molecule has 20 heavy (non-hydrogen) atoms. The van der Waals surface area contributed by atoms with Gasteiger partial charge in [-0.15, -0.1) is 0 Å². The number of aryl methyl sites for hydroxylation is 1. The van der Waals surface area contributed by atoms with Crippen LogP contribution in [-0.2, 0) is 21.4 Å². The van der Waals surface area contributed by atoms with E-state index in [-0.39, 0.29) is 6.54 Å². The summed E-state index contributed by atoms with van der Waals surface area (Å²) in [6, 6.07) is 1.73. The quantitative estimate of drug-likeness (QED) is 0.892. The van der Waals surface area contributed by atoms with Gasteiger partial charge in [0.2, 0.25) is 10.0 Å². The standard InChI is InChI=1S/C13H19NO5S/c1-9-10(6-7-19-9)8-14(2)20(17,18)12-5-3-4-11(12)13(15)16/h6-7,11-12H,3-5,8H2,1-2H3,(H,15,16). The fourth-order valence-corrected chi connectivity index (χ4v) is 4.61. The van der Waals surface area contributed by atoms with Gasteiger partial charge >= 0.3 is 5.97 Å². The maximum atomic E-state index is 12.5. The Morgan fingerprint density at radius 2 is 2.20 bits per heavy atom. The molecule has 2 atom stereocenters. The van der Waals surface area contributed by atoms with Gasteiger partial charge in [-0.1, -0.05) is 6.42 Å². The first-order valence-corrected chi connectivity index (χ1v) is 8.05. The lowest BCUT2D eigenvalue weighted by Gasteiger charge is -2.23. The number of rotatable bonds is 5. The second-order valence-electron chi connectivity index (χ2n) is 5.22. The molecular formula is C13H19NO5S. The first kappa shape index (κ1) is 15.1. The number of carboxylic acids is 1. The number of carboxylic acid groups (broad SMARTS) is 1. The molecular weight excluding hydrogens is 282 g/mol. The molecule has 0 saturated heterocycles. The molecule has 2 rings (SSSR count). The van der Waals surface area contributed by atoms with Crippen molar-refractivity contribution in [3.63, 3.8) is 0 Å².